The van der Waals surface area contributed by atoms with E-state index in [1.54, 1.807) is 6.20 Å². The lowest BCUT2D eigenvalue weighted by atomic mass is 10.1. The lowest BCUT2D eigenvalue weighted by molar-refractivity contribution is 1.10. The van der Waals surface area contributed by atoms with Gasteiger partial charge in [-0.3, -0.25) is 0 Å². The Hall–Kier alpha value is -1.42. The highest BCUT2D eigenvalue weighted by Crippen LogP contribution is 2.40. The van der Waals surface area contributed by atoms with Crippen molar-refractivity contribution in [3.05, 3.63) is 40.5 Å². The van der Waals surface area contributed by atoms with Gasteiger partial charge in [0, 0.05) is 18.3 Å². The molecule has 1 saturated carbocycles. The number of halogens is 1. The third-order valence-corrected chi connectivity index (χ3v) is 3.89. The van der Waals surface area contributed by atoms with Gasteiger partial charge < -0.3 is 5.32 Å². The minimum absolute atomic E-state index is 0.765. The molecule has 0 bridgehead atoms. The summed E-state index contributed by atoms with van der Waals surface area (Å²) in [5.41, 5.74) is 2.50. The monoisotopic (exact) mass is 317 g/mol. The zero-order valence-corrected chi connectivity index (χ0v) is 12.4. The highest BCUT2D eigenvalue weighted by molar-refractivity contribution is 9.10. The van der Waals surface area contributed by atoms with E-state index in [1.165, 1.54) is 18.4 Å². The number of nitrogens with one attached hydrogen (secondary N) is 1. The number of benzene rings is 1. The third-order valence-electron chi connectivity index (χ3n) is 3.31. The maximum absolute atomic E-state index is 4.55. The van der Waals surface area contributed by atoms with Crippen LogP contribution in [-0.2, 0) is 0 Å². The molecule has 1 aromatic heterocycles. The van der Waals surface area contributed by atoms with Crippen LogP contribution in [0.4, 0.5) is 5.82 Å². The van der Waals surface area contributed by atoms with E-state index in [0.717, 1.165) is 34.1 Å². The Balaban J connectivity index is 1.89. The molecule has 0 unspecified atom stereocenters. The van der Waals surface area contributed by atoms with Crippen LogP contribution in [0.2, 0.25) is 0 Å². The smallest absolute Gasteiger partial charge is 0.161 e. The van der Waals surface area contributed by atoms with E-state index in [-0.39, 0.29) is 0 Å². The molecule has 0 amide bonds. The number of rotatable bonds is 4. The van der Waals surface area contributed by atoms with Gasteiger partial charge in [-0.15, -0.1) is 0 Å². The zero-order valence-electron chi connectivity index (χ0n) is 10.9. The highest BCUT2D eigenvalue weighted by atomic mass is 79.9. The standard InChI is InChI=1S/C15H16BrN3/c1-2-17-15-13(16)9-18-14(19-15)12-7-5-11(6-8-12)10-3-4-10/h5-10H,2-4H2,1H3,(H,17,18,19). The van der Waals surface area contributed by atoms with Crippen LogP contribution in [-0.4, -0.2) is 16.5 Å². The summed E-state index contributed by atoms with van der Waals surface area (Å²) in [5, 5.41) is 3.23. The zero-order chi connectivity index (χ0) is 13.2. The van der Waals surface area contributed by atoms with Crippen LogP contribution < -0.4 is 5.32 Å². The predicted octanol–water partition coefficient (Wildman–Crippen LogP) is 4.22. The second kappa shape index (κ2) is 5.29. The van der Waals surface area contributed by atoms with E-state index in [4.69, 9.17) is 0 Å². The first-order valence-electron chi connectivity index (χ1n) is 6.64. The van der Waals surface area contributed by atoms with Gasteiger partial charge in [0.2, 0.25) is 0 Å². The summed E-state index contributed by atoms with van der Waals surface area (Å²) >= 11 is 3.46. The van der Waals surface area contributed by atoms with Crippen LogP contribution >= 0.6 is 15.9 Å². The first kappa shape index (κ1) is 12.6. The number of anilines is 1. The maximum atomic E-state index is 4.55. The first-order valence-corrected chi connectivity index (χ1v) is 7.44. The molecule has 19 heavy (non-hydrogen) atoms. The summed E-state index contributed by atoms with van der Waals surface area (Å²) in [6, 6.07) is 8.63. The Bertz CT molecular complexity index is 576. The number of hydrogen-bond acceptors (Lipinski definition) is 3. The Morgan fingerprint density at radius 1 is 1.26 bits per heavy atom. The molecule has 1 aliphatic carbocycles. The fraction of sp³-hybridized carbons (Fsp3) is 0.333. The highest BCUT2D eigenvalue weighted by Gasteiger charge is 2.23. The molecule has 2 aromatic rings. The van der Waals surface area contributed by atoms with E-state index in [1.807, 2.05) is 0 Å². The summed E-state index contributed by atoms with van der Waals surface area (Å²) in [7, 11) is 0. The Labute approximate surface area is 121 Å². The van der Waals surface area contributed by atoms with Crippen molar-refractivity contribution in [1.29, 1.82) is 0 Å². The molecule has 0 radical (unpaired) electrons. The minimum Gasteiger partial charge on any atom is -0.369 e. The van der Waals surface area contributed by atoms with E-state index < -0.39 is 0 Å². The molecule has 3 rings (SSSR count). The lowest BCUT2D eigenvalue weighted by Gasteiger charge is -2.07. The molecule has 0 saturated heterocycles. The van der Waals surface area contributed by atoms with Gasteiger partial charge in [-0.2, -0.15) is 0 Å². The summed E-state index contributed by atoms with van der Waals surface area (Å²) in [6.45, 7) is 2.90. The fourth-order valence-electron chi connectivity index (χ4n) is 2.12. The van der Waals surface area contributed by atoms with Crippen molar-refractivity contribution in [2.45, 2.75) is 25.7 Å². The van der Waals surface area contributed by atoms with Crippen LogP contribution in [0.3, 0.4) is 0 Å². The van der Waals surface area contributed by atoms with E-state index >= 15 is 0 Å². The Morgan fingerprint density at radius 3 is 2.63 bits per heavy atom. The molecule has 0 aliphatic heterocycles. The summed E-state index contributed by atoms with van der Waals surface area (Å²) < 4.78 is 0.896. The van der Waals surface area contributed by atoms with Gasteiger partial charge in [0.05, 0.1) is 4.47 Å². The van der Waals surface area contributed by atoms with Crippen molar-refractivity contribution in [3.63, 3.8) is 0 Å². The van der Waals surface area contributed by atoms with Crippen molar-refractivity contribution in [1.82, 2.24) is 9.97 Å². The van der Waals surface area contributed by atoms with Crippen LogP contribution in [0, 0.1) is 0 Å². The van der Waals surface area contributed by atoms with E-state index in [2.05, 4.69) is 62.4 Å². The first-order chi connectivity index (χ1) is 9.28. The molecule has 1 aromatic carbocycles. The van der Waals surface area contributed by atoms with Crippen LogP contribution in [0.1, 0.15) is 31.2 Å². The van der Waals surface area contributed by atoms with Crippen LogP contribution in [0.15, 0.2) is 34.9 Å². The molecule has 98 valence electrons. The summed E-state index contributed by atoms with van der Waals surface area (Å²) in [6.07, 6.45) is 4.46. The lowest BCUT2D eigenvalue weighted by Crippen LogP contribution is -2.02. The maximum Gasteiger partial charge on any atom is 0.161 e. The average Bonchev–Trinajstić information content (AvgIpc) is 3.26. The second-order valence-corrected chi connectivity index (χ2v) is 5.67. The van der Waals surface area contributed by atoms with Gasteiger partial charge in [-0.05, 0) is 47.2 Å². The second-order valence-electron chi connectivity index (χ2n) is 4.82. The minimum atomic E-state index is 0.765. The summed E-state index contributed by atoms with van der Waals surface area (Å²) in [4.78, 5) is 8.94. The molecule has 1 aliphatic rings. The van der Waals surface area contributed by atoms with Gasteiger partial charge in [0.15, 0.2) is 5.82 Å². The van der Waals surface area contributed by atoms with Gasteiger partial charge in [0.1, 0.15) is 5.82 Å². The number of aromatic nitrogens is 2. The molecular formula is C15H16BrN3. The quantitative estimate of drug-likeness (QED) is 0.917. The fourth-order valence-corrected chi connectivity index (χ4v) is 2.45. The van der Waals surface area contributed by atoms with Crippen molar-refractivity contribution in [2.24, 2.45) is 0 Å². The van der Waals surface area contributed by atoms with Crippen molar-refractivity contribution < 1.29 is 0 Å². The Kier molecular flexibility index (Phi) is 3.51. The number of hydrogen-bond donors (Lipinski definition) is 1. The SMILES string of the molecule is CCNc1nc(-c2ccc(C3CC3)cc2)ncc1Br. The molecule has 1 heterocycles. The van der Waals surface area contributed by atoms with Crippen molar-refractivity contribution in [3.8, 4) is 11.4 Å². The van der Waals surface area contributed by atoms with E-state index in [9.17, 15) is 0 Å². The molecule has 0 spiro atoms. The van der Waals surface area contributed by atoms with Gasteiger partial charge in [-0.25, -0.2) is 9.97 Å². The molecule has 1 N–H and O–H groups in total. The number of nitrogens with zero attached hydrogens (tertiary/aromatic N) is 2. The normalized spacial score (nSPS) is 14.4. The van der Waals surface area contributed by atoms with Gasteiger partial charge in [0.25, 0.3) is 0 Å². The van der Waals surface area contributed by atoms with Gasteiger partial charge in [-0.1, -0.05) is 24.3 Å². The third kappa shape index (κ3) is 2.78. The molecule has 4 heteroatoms. The predicted molar refractivity (Wildman–Crippen MR) is 81.3 cm³/mol. The van der Waals surface area contributed by atoms with E-state index in [0.29, 0.717) is 0 Å². The summed E-state index contributed by atoms with van der Waals surface area (Å²) in [5.74, 6) is 2.40. The van der Waals surface area contributed by atoms with Crippen LogP contribution in [0.5, 0.6) is 0 Å². The van der Waals surface area contributed by atoms with Crippen LogP contribution in [0.25, 0.3) is 11.4 Å². The van der Waals surface area contributed by atoms with Gasteiger partial charge >= 0.3 is 0 Å². The molecule has 1 fully saturated rings. The van der Waals surface area contributed by atoms with Crippen molar-refractivity contribution in [2.75, 3.05) is 11.9 Å². The molecule has 0 atom stereocenters. The molecular weight excluding hydrogens is 302 g/mol. The molecule has 3 nitrogen and oxygen atoms in total. The van der Waals surface area contributed by atoms with Crippen molar-refractivity contribution >= 4 is 21.7 Å². The average molecular weight is 318 g/mol. The largest absolute Gasteiger partial charge is 0.369 e. The Morgan fingerprint density at radius 2 is 2.00 bits per heavy atom. The topological polar surface area (TPSA) is 37.8 Å².